The molecule has 106 valence electrons. The summed E-state index contributed by atoms with van der Waals surface area (Å²) in [4.78, 5) is 10.5. The summed E-state index contributed by atoms with van der Waals surface area (Å²) in [6.07, 6.45) is 2.69. The summed E-state index contributed by atoms with van der Waals surface area (Å²) in [5.41, 5.74) is 0.965. The lowest BCUT2D eigenvalue weighted by molar-refractivity contribution is -0.384. The first kappa shape index (κ1) is 14.4. The number of halogens is 1. The fourth-order valence-corrected chi connectivity index (χ4v) is 1.89. The van der Waals surface area contributed by atoms with Gasteiger partial charge in [-0.3, -0.25) is 10.1 Å². The number of hydrogen-bond acceptors (Lipinski definition) is 5. The van der Waals surface area contributed by atoms with Crippen molar-refractivity contribution in [1.29, 1.82) is 0 Å². The molecule has 2 aromatic rings. The number of nitro groups is 1. The molecule has 7 nitrogen and oxygen atoms in total. The maximum absolute atomic E-state index is 11.0. The molecule has 0 aliphatic heterocycles. The smallest absolute Gasteiger partial charge is 0.296 e. The van der Waals surface area contributed by atoms with Crippen LogP contribution in [0.25, 0.3) is 5.69 Å². The molecular weight excluding hydrogens is 282 g/mol. The quantitative estimate of drug-likeness (QED) is 0.502. The third kappa shape index (κ3) is 3.31. The maximum atomic E-state index is 11.0. The number of nitrogens with one attached hydrogen (secondary N) is 1. The molecule has 1 aromatic heterocycles. The minimum Gasteiger partial charge on any atom is -0.311 e. The van der Waals surface area contributed by atoms with E-state index in [1.54, 1.807) is 18.3 Å². The zero-order valence-corrected chi connectivity index (χ0v) is 11.7. The van der Waals surface area contributed by atoms with Crippen LogP contribution in [0.15, 0.2) is 24.4 Å². The topological polar surface area (TPSA) is 85.9 Å². The summed E-state index contributed by atoms with van der Waals surface area (Å²) in [6.45, 7) is 3.53. The Morgan fingerprint density at radius 2 is 2.30 bits per heavy atom. The summed E-state index contributed by atoms with van der Waals surface area (Å²) < 4.78 is 1.39. The minimum absolute atomic E-state index is 0.101. The van der Waals surface area contributed by atoms with Crippen LogP contribution in [0.2, 0.25) is 5.02 Å². The van der Waals surface area contributed by atoms with Crippen molar-refractivity contribution in [1.82, 2.24) is 20.3 Å². The number of aromatic nitrogens is 3. The lowest BCUT2D eigenvalue weighted by Crippen LogP contribution is -2.13. The molecule has 1 N–H and O–H groups in total. The Balaban J connectivity index is 2.25. The van der Waals surface area contributed by atoms with Crippen molar-refractivity contribution in [3.05, 3.63) is 45.2 Å². The summed E-state index contributed by atoms with van der Waals surface area (Å²) in [5, 5.41) is 22.4. The molecule has 0 fully saturated rings. The Morgan fingerprint density at radius 3 is 3.00 bits per heavy atom. The van der Waals surface area contributed by atoms with Gasteiger partial charge in [-0.2, -0.15) is 0 Å². The van der Waals surface area contributed by atoms with Crippen LogP contribution in [0.5, 0.6) is 0 Å². The first-order chi connectivity index (χ1) is 9.61. The summed E-state index contributed by atoms with van der Waals surface area (Å²) in [7, 11) is 0. The van der Waals surface area contributed by atoms with Gasteiger partial charge in [0, 0.05) is 17.6 Å². The van der Waals surface area contributed by atoms with Crippen LogP contribution < -0.4 is 5.32 Å². The zero-order chi connectivity index (χ0) is 14.5. The van der Waals surface area contributed by atoms with Crippen molar-refractivity contribution in [2.24, 2.45) is 0 Å². The number of hydrogen-bond donors (Lipinski definition) is 1. The second-order valence-corrected chi connectivity index (χ2v) is 4.66. The highest BCUT2D eigenvalue weighted by atomic mass is 35.5. The SMILES string of the molecule is CCCNCc1cn(-c2ccc(Cl)cc2[N+](=O)[O-])nn1. The normalized spacial score (nSPS) is 10.7. The highest BCUT2D eigenvalue weighted by Crippen LogP contribution is 2.25. The summed E-state index contributed by atoms with van der Waals surface area (Å²) >= 11 is 5.78. The molecule has 0 atom stereocenters. The van der Waals surface area contributed by atoms with E-state index >= 15 is 0 Å². The Morgan fingerprint density at radius 1 is 1.50 bits per heavy atom. The van der Waals surface area contributed by atoms with E-state index in [1.165, 1.54) is 10.7 Å². The molecule has 2 rings (SSSR count). The van der Waals surface area contributed by atoms with Gasteiger partial charge in [-0.1, -0.05) is 23.7 Å². The van der Waals surface area contributed by atoms with E-state index in [4.69, 9.17) is 11.6 Å². The van der Waals surface area contributed by atoms with E-state index < -0.39 is 4.92 Å². The van der Waals surface area contributed by atoms with Crippen LogP contribution in [0.1, 0.15) is 19.0 Å². The lowest BCUT2D eigenvalue weighted by atomic mass is 10.2. The first-order valence-electron chi connectivity index (χ1n) is 6.18. The molecule has 0 saturated carbocycles. The molecule has 8 heteroatoms. The van der Waals surface area contributed by atoms with E-state index in [-0.39, 0.29) is 5.69 Å². The Labute approximate surface area is 120 Å². The second kappa shape index (κ2) is 6.44. The zero-order valence-electron chi connectivity index (χ0n) is 10.9. The van der Waals surface area contributed by atoms with Crippen molar-refractivity contribution in [2.45, 2.75) is 19.9 Å². The highest BCUT2D eigenvalue weighted by Gasteiger charge is 2.17. The molecule has 0 bridgehead atoms. The van der Waals surface area contributed by atoms with E-state index in [1.807, 2.05) is 0 Å². The average molecular weight is 296 g/mol. The van der Waals surface area contributed by atoms with E-state index in [0.717, 1.165) is 18.7 Å². The summed E-state index contributed by atoms with van der Waals surface area (Å²) in [6, 6.07) is 4.44. The molecule has 0 radical (unpaired) electrons. The standard InChI is InChI=1S/C12H14ClN5O2/c1-2-5-14-7-10-8-17(16-15-10)11-4-3-9(13)6-12(11)18(19)20/h3-4,6,8,14H,2,5,7H2,1H3. The van der Waals surface area contributed by atoms with Crippen molar-refractivity contribution in [3.8, 4) is 5.69 Å². The fourth-order valence-electron chi connectivity index (χ4n) is 1.73. The molecule has 0 aliphatic carbocycles. The monoisotopic (exact) mass is 295 g/mol. The third-order valence-electron chi connectivity index (χ3n) is 2.65. The van der Waals surface area contributed by atoms with Gasteiger partial charge >= 0.3 is 0 Å². The number of benzene rings is 1. The molecule has 20 heavy (non-hydrogen) atoms. The van der Waals surface area contributed by atoms with E-state index in [9.17, 15) is 10.1 Å². The Hall–Kier alpha value is -1.99. The van der Waals surface area contributed by atoms with Crippen molar-refractivity contribution < 1.29 is 4.92 Å². The summed E-state index contributed by atoms with van der Waals surface area (Å²) in [5.74, 6) is 0. The number of rotatable bonds is 6. The molecule has 0 unspecified atom stereocenters. The molecular formula is C12H14ClN5O2. The van der Waals surface area contributed by atoms with Crippen molar-refractivity contribution >= 4 is 17.3 Å². The molecule has 0 aliphatic rings. The fraction of sp³-hybridized carbons (Fsp3) is 0.333. The van der Waals surface area contributed by atoms with Crippen LogP contribution in [0, 0.1) is 10.1 Å². The molecule has 0 spiro atoms. The molecule has 1 heterocycles. The molecule has 1 aromatic carbocycles. The predicted molar refractivity (Wildman–Crippen MR) is 75.0 cm³/mol. The first-order valence-corrected chi connectivity index (χ1v) is 6.56. The van der Waals surface area contributed by atoms with E-state index in [0.29, 0.717) is 17.3 Å². The second-order valence-electron chi connectivity index (χ2n) is 4.22. The van der Waals surface area contributed by atoms with Gasteiger partial charge in [-0.15, -0.1) is 5.10 Å². The van der Waals surface area contributed by atoms with Gasteiger partial charge in [-0.25, -0.2) is 4.68 Å². The third-order valence-corrected chi connectivity index (χ3v) is 2.89. The molecule has 0 amide bonds. The van der Waals surface area contributed by atoms with Crippen LogP contribution in [0.4, 0.5) is 5.69 Å². The van der Waals surface area contributed by atoms with Crippen LogP contribution in [-0.2, 0) is 6.54 Å². The Bertz CT molecular complexity index is 614. The van der Waals surface area contributed by atoms with Gasteiger partial charge in [-0.05, 0) is 25.1 Å². The highest BCUT2D eigenvalue weighted by molar-refractivity contribution is 6.30. The lowest BCUT2D eigenvalue weighted by Gasteiger charge is -2.02. The van der Waals surface area contributed by atoms with Crippen LogP contribution in [-0.4, -0.2) is 26.5 Å². The maximum Gasteiger partial charge on any atom is 0.296 e. The van der Waals surface area contributed by atoms with Gasteiger partial charge in [0.05, 0.1) is 16.8 Å². The molecule has 0 saturated heterocycles. The Kier molecular flexibility index (Phi) is 4.65. The van der Waals surface area contributed by atoms with Gasteiger partial charge in [0.2, 0.25) is 0 Å². The number of nitro benzene ring substituents is 1. The van der Waals surface area contributed by atoms with Gasteiger partial charge in [0.15, 0.2) is 0 Å². The van der Waals surface area contributed by atoms with Crippen LogP contribution >= 0.6 is 11.6 Å². The van der Waals surface area contributed by atoms with Crippen molar-refractivity contribution in [3.63, 3.8) is 0 Å². The van der Waals surface area contributed by atoms with Crippen LogP contribution in [0.3, 0.4) is 0 Å². The largest absolute Gasteiger partial charge is 0.311 e. The predicted octanol–water partition coefficient (Wildman–Crippen LogP) is 2.33. The van der Waals surface area contributed by atoms with Gasteiger partial charge < -0.3 is 5.32 Å². The minimum atomic E-state index is -0.488. The van der Waals surface area contributed by atoms with Gasteiger partial charge in [0.1, 0.15) is 5.69 Å². The average Bonchev–Trinajstić information content (AvgIpc) is 2.87. The number of nitrogens with zero attached hydrogens (tertiary/aromatic N) is 4. The van der Waals surface area contributed by atoms with Crippen molar-refractivity contribution in [2.75, 3.05) is 6.54 Å². The van der Waals surface area contributed by atoms with Gasteiger partial charge in [0.25, 0.3) is 5.69 Å². The van der Waals surface area contributed by atoms with E-state index in [2.05, 4.69) is 22.6 Å².